The summed E-state index contributed by atoms with van der Waals surface area (Å²) >= 11 is 0. The zero-order valence-electron chi connectivity index (χ0n) is 17.4. The second-order valence-corrected chi connectivity index (χ2v) is 9.70. The van der Waals surface area contributed by atoms with Crippen LogP contribution in [-0.4, -0.2) is 102 Å². The largest absolute Gasteiger partial charge is 0.442 e. The fourth-order valence-electron chi connectivity index (χ4n) is 3.91. The summed E-state index contributed by atoms with van der Waals surface area (Å²) in [6.45, 7) is 4.89. The molecule has 0 N–H and O–H groups in total. The van der Waals surface area contributed by atoms with E-state index in [9.17, 15) is 18.0 Å². The second kappa shape index (κ2) is 7.76. The summed E-state index contributed by atoms with van der Waals surface area (Å²) in [5, 5.41) is 0.162. The highest BCUT2D eigenvalue weighted by atomic mass is 32.2. The summed E-state index contributed by atoms with van der Waals surface area (Å²) in [7, 11) is -0.0126. The third-order valence-corrected chi connectivity index (χ3v) is 7.84. The van der Waals surface area contributed by atoms with E-state index in [1.807, 2.05) is 7.05 Å². The molecule has 0 aliphatic carbocycles. The van der Waals surface area contributed by atoms with Crippen molar-refractivity contribution in [2.75, 3.05) is 59.4 Å². The normalized spacial score (nSPS) is 20.2. The van der Waals surface area contributed by atoms with E-state index in [1.54, 1.807) is 18.9 Å². The Balaban J connectivity index is 1.51. The topological polar surface area (TPSA) is 112 Å². The van der Waals surface area contributed by atoms with E-state index >= 15 is 0 Å². The molecular weight excluding hydrogens is 412 g/mol. The van der Waals surface area contributed by atoms with Crippen molar-refractivity contribution >= 4 is 27.2 Å². The highest BCUT2D eigenvalue weighted by Crippen LogP contribution is 2.23. The SMILES string of the molecule is Cc1oc2ncn(C)c(=O)c2c1C(=O)N1CCN(S(=O)(=O)N2CCN(C)CC2)CC1. The van der Waals surface area contributed by atoms with Gasteiger partial charge < -0.3 is 18.8 Å². The van der Waals surface area contributed by atoms with Crippen LogP contribution in [0.4, 0.5) is 0 Å². The van der Waals surface area contributed by atoms with Gasteiger partial charge >= 0.3 is 0 Å². The molecule has 2 aliphatic heterocycles. The number of piperazine rings is 2. The van der Waals surface area contributed by atoms with Crippen molar-refractivity contribution < 1.29 is 17.6 Å². The van der Waals surface area contributed by atoms with Crippen LogP contribution in [-0.2, 0) is 17.3 Å². The first kappa shape index (κ1) is 21.0. The van der Waals surface area contributed by atoms with Crippen LogP contribution in [0.1, 0.15) is 16.1 Å². The molecule has 164 valence electrons. The van der Waals surface area contributed by atoms with Gasteiger partial charge in [-0.05, 0) is 14.0 Å². The van der Waals surface area contributed by atoms with Crippen LogP contribution in [0.5, 0.6) is 0 Å². The van der Waals surface area contributed by atoms with E-state index in [1.165, 1.54) is 19.5 Å². The highest BCUT2D eigenvalue weighted by molar-refractivity contribution is 7.86. The minimum absolute atomic E-state index is 0.134. The van der Waals surface area contributed by atoms with Crippen LogP contribution in [0.2, 0.25) is 0 Å². The number of fused-ring (bicyclic) bond motifs is 1. The summed E-state index contributed by atoms with van der Waals surface area (Å²) in [5.41, 5.74) is -0.0132. The average molecular weight is 439 g/mol. The minimum atomic E-state index is -3.55. The molecule has 0 radical (unpaired) electrons. The number of aromatic nitrogens is 2. The Bertz CT molecular complexity index is 1120. The van der Waals surface area contributed by atoms with Crippen LogP contribution in [0.3, 0.4) is 0 Å². The Hall–Kier alpha value is -2.28. The number of nitrogens with zero attached hydrogens (tertiary/aromatic N) is 6. The van der Waals surface area contributed by atoms with Crippen molar-refractivity contribution in [3.05, 3.63) is 28.0 Å². The predicted octanol–water partition coefficient (Wildman–Crippen LogP) is -0.915. The fraction of sp³-hybridized carbons (Fsp3) is 0.611. The Kier molecular flexibility index (Phi) is 5.43. The van der Waals surface area contributed by atoms with E-state index < -0.39 is 10.2 Å². The molecule has 0 bridgehead atoms. The maximum absolute atomic E-state index is 13.2. The molecule has 0 saturated carbocycles. The van der Waals surface area contributed by atoms with Crippen LogP contribution in [0.15, 0.2) is 15.5 Å². The Morgan fingerprint density at radius 2 is 1.57 bits per heavy atom. The van der Waals surface area contributed by atoms with Gasteiger partial charge in [0.1, 0.15) is 17.5 Å². The molecule has 4 heterocycles. The van der Waals surface area contributed by atoms with Gasteiger partial charge in [-0.3, -0.25) is 9.59 Å². The molecule has 2 aromatic rings. The maximum atomic E-state index is 13.2. The van der Waals surface area contributed by atoms with E-state index in [0.717, 1.165) is 0 Å². The lowest BCUT2D eigenvalue weighted by Gasteiger charge is -2.39. The van der Waals surface area contributed by atoms with Crippen LogP contribution in [0.25, 0.3) is 11.1 Å². The standard InChI is InChI=1S/C18H26N6O5S/c1-13-14(15-16(29-13)19-12-21(3)17(15)25)18(26)22-6-10-24(11-7-22)30(27,28)23-8-4-20(2)5-9-23/h12H,4-11H2,1-3H3. The van der Waals surface area contributed by atoms with Gasteiger partial charge in [0, 0.05) is 59.4 Å². The zero-order chi connectivity index (χ0) is 21.6. The molecule has 0 unspecified atom stereocenters. The third kappa shape index (κ3) is 3.53. The van der Waals surface area contributed by atoms with Crippen molar-refractivity contribution in [2.45, 2.75) is 6.92 Å². The maximum Gasteiger partial charge on any atom is 0.282 e. The van der Waals surface area contributed by atoms with Crippen molar-refractivity contribution in [3.63, 3.8) is 0 Å². The van der Waals surface area contributed by atoms with E-state index in [-0.39, 0.29) is 54.3 Å². The van der Waals surface area contributed by atoms with Gasteiger partial charge in [-0.1, -0.05) is 0 Å². The number of carbonyl (C=O) groups excluding carboxylic acids is 1. The number of furan rings is 1. The van der Waals surface area contributed by atoms with Gasteiger partial charge in [-0.15, -0.1) is 0 Å². The number of rotatable bonds is 3. The monoisotopic (exact) mass is 438 g/mol. The van der Waals surface area contributed by atoms with Crippen LogP contribution >= 0.6 is 0 Å². The molecule has 4 rings (SSSR count). The molecule has 2 fully saturated rings. The highest BCUT2D eigenvalue weighted by Gasteiger charge is 2.36. The van der Waals surface area contributed by atoms with Crippen molar-refractivity contribution in [3.8, 4) is 0 Å². The predicted molar refractivity (Wildman–Crippen MR) is 109 cm³/mol. The van der Waals surface area contributed by atoms with Gasteiger partial charge in [0.2, 0.25) is 5.71 Å². The molecule has 2 aliphatic rings. The molecule has 2 saturated heterocycles. The lowest BCUT2D eigenvalue weighted by atomic mass is 10.1. The number of amides is 1. The smallest absolute Gasteiger partial charge is 0.282 e. The van der Waals surface area contributed by atoms with Crippen molar-refractivity contribution in [1.29, 1.82) is 0 Å². The number of aryl methyl sites for hydroxylation is 2. The summed E-state index contributed by atoms with van der Waals surface area (Å²) in [5.74, 6) is -0.00807. The molecule has 2 aromatic heterocycles. The first-order valence-corrected chi connectivity index (χ1v) is 11.3. The second-order valence-electron chi connectivity index (χ2n) is 7.78. The molecule has 11 nitrogen and oxygen atoms in total. The Morgan fingerprint density at radius 1 is 1.00 bits per heavy atom. The van der Waals surface area contributed by atoms with Gasteiger partial charge in [0.15, 0.2) is 0 Å². The summed E-state index contributed by atoms with van der Waals surface area (Å²) in [6, 6.07) is 0. The molecule has 0 atom stereocenters. The molecule has 0 spiro atoms. The fourth-order valence-corrected chi connectivity index (χ4v) is 5.48. The molecular formula is C18H26N6O5S. The van der Waals surface area contributed by atoms with E-state index in [0.29, 0.717) is 31.9 Å². The Morgan fingerprint density at radius 3 is 2.17 bits per heavy atom. The van der Waals surface area contributed by atoms with Crippen LogP contribution in [0, 0.1) is 6.92 Å². The third-order valence-electron chi connectivity index (χ3n) is 5.80. The first-order chi connectivity index (χ1) is 14.2. The minimum Gasteiger partial charge on any atom is -0.442 e. The lowest BCUT2D eigenvalue weighted by molar-refractivity contribution is 0.0692. The number of likely N-dealkylation sites (N-methyl/N-ethyl adjacent to an activating group) is 1. The van der Waals surface area contributed by atoms with Crippen LogP contribution < -0.4 is 5.56 Å². The van der Waals surface area contributed by atoms with Gasteiger partial charge in [-0.2, -0.15) is 17.0 Å². The summed E-state index contributed by atoms with van der Waals surface area (Å²) in [6.07, 6.45) is 1.35. The molecule has 12 heteroatoms. The summed E-state index contributed by atoms with van der Waals surface area (Å²) in [4.78, 5) is 33.4. The number of carbonyl (C=O) groups is 1. The van der Waals surface area contributed by atoms with E-state index in [2.05, 4.69) is 9.88 Å². The average Bonchev–Trinajstić information content (AvgIpc) is 3.07. The van der Waals surface area contributed by atoms with Gasteiger partial charge in [0.25, 0.3) is 21.7 Å². The number of hydrogen-bond donors (Lipinski definition) is 0. The van der Waals surface area contributed by atoms with E-state index in [4.69, 9.17) is 4.42 Å². The molecule has 0 aromatic carbocycles. The van der Waals surface area contributed by atoms with Crippen molar-refractivity contribution in [2.24, 2.45) is 7.05 Å². The number of hydrogen-bond acceptors (Lipinski definition) is 7. The zero-order valence-corrected chi connectivity index (χ0v) is 18.2. The molecule has 1 amide bonds. The van der Waals surface area contributed by atoms with Gasteiger partial charge in [-0.25, -0.2) is 4.98 Å². The lowest BCUT2D eigenvalue weighted by Crippen LogP contribution is -2.57. The van der Waals surface area contributed by atoms with Crippen molar-refractivity contribution in [1.82, 2.24) is 28.0 Å². The quantitative estimate of drug-likeness (QED) is 0.609. The van der Waals surface area contributed by atoms with Gasteiger partial charge in [0.05, 0.1) is 5.56 Å². The first-order valence-electron chi connectivity index (χ1n) is 9.88. The summed E-state index contributed by atoms with van der Waals surface area (Å²) < 4.78 is 35.6. The Labute approximate surface area is 174 Å². The molecule has 30 heavy (non-hydrogen) atoms.